The number of carboxylic acid groups (broad SMARTS) is 1. The van der Waals surface area contributed by atoms with Crippen LogP contribution in [0.3, 0.4) is 0 Å². The summed E-state index contributed by atoms with van der Waals surface area (Å²) in [6.07, 6.45) is 0.618. The van der Waals surface area contributed by atoms with E-state index in [9.17, 15) is 9.59 Å². The Labute approximate surface area is 122 Å². The maximum atomic E-state index is 12.3. The third-order valence-corrected chi connectivity index (χ3v) is 4.12. The smallest absolute Gasteiger partial charge is 0.311 e. The molecule has 6 heteroatoms. The van der Waals surface area contributed by atoms with Gasteiger partial charge in [0.2, 0.25) is 5.91 Å². The number of nitrogens with one attached hydrogen (secondary N) is 2. The molecule has 3 atom stereocenters. The first-order valence-electron chi connectivity index (χ1n) is 7.06. The van der Waals surface area contributed by atoms with Crippen LogP contribution in [0.4, 0.5) is 0 Å². The van der Waals surface area contributed by atoms with Crippen LogP contribution < -0.4 is 10.6 Å². The number of fused-ring (bicyclic) bond motifs is 1. The largest absolute Gasteiger partial charge is 0.481 e. The van der Waals surface area contributed by atoms with Gasteiger partial charge in [-0.15, -0.1) is 0 Å². The number of carbonyl (C=O) groups is 2. The van der Waals surface area contributed by atoms with Crippen molar-refractivity contribution in [3.8, 4) is 0 Å². The highest BCUT2D eigenvalue weighted by Gasteiger charge is 2.36. The molecule has 0 aromatic heterocycles. The summed E-state index contributed by atoms with van der Waals surface area (Å²) in [6, 6.07) is 7.24. The van der Waals surface area contributed by atoms with Crippen LogP contribution in [0.15, 0.2) is 24.3 Å². The Kier molecular flexibility index (Phi) is 3.90. The summed E-state index contributed by atoms with van der Waals surface area (Å²) in [5.74, 6) is -1.75. The fourth-order valence-corrected chi connectivity index (χ4v) is 2.86. The summed E-state index contributed by atoms with van der Waals surface area (Å²) < 4.78 is 5.16. The minimum atomic E-state index is -0.931. The number of amides is 1. The SMILES string of the molecule is O=C(O)C1COCC1NC(=O)[C@H]1Cc2ccccc2CN1. The normalized spacial score (nSPS) is 27.9. The van der Waals surface area contributed by atoms with E-state index in [1.54, 1.807) is 0 Å². The molecule has 0 bridgehead atoms. The van der Waals surface area contributed by atoms with E-state index in [1.165, 1.54) is 5.56 Å². The lowest BCUT2D eigenvalue weighted by molar-refractivity contribution is -0.142. The minimum Gasteiger partial charge on any atom is -0.481 e. The van der Waals surface area contributed by atoms with Crippen molar-refractivity contribution in [1.29, 1.82) is 0 Å². The fourth-order valence-electron chi connectivity index (χ4n) is 2.86. The number of hydrogen-bond donors (Lipinski definition) is 3. The van der Waals surface area contributed by atoms with E-state index < -0.39 is 17.9 Å². The van der Waals surface area contributed by atoms with E-state index in [2.05, 4.69) is 10.6 Å². The number of rotatable bonds is 3. The molecule has 2 aliphatic heterocycles. The minimum absolute atomic E-state index is 0.154. The number of aliphatic carboxylic acids is 1. The van der Waals surface area contributed by atoms with Crippen molar-refractivity contribution in [3.63, 3.8) is 0 Å². The molecule has 3 N–H and O–H groups in total. The van der Waals surface area contributed by atoms with Crippen molar-refractivity contribution >= 4 is 11.9 Å². The van der Waals surface area contributed by atoms with E-state index in [4.69, 9.17) is 9.84 Å². The summed E-state index contributed by atoms with van der Waals surface area (Å²) in [7, 11) is 0. The zero-order chi connectivity index (χ0) is 14.8. The van der Waals surface area contributed by atoms with Crippen LogP contribution in [0.5, 0.6) is 0 Å². The van der Waals surface area contributed by atoms with Crippen molar-refractivity contribution in [1.82, 2.24) is 10.6 Å². The second-order valence-electron chi connectivity index (χ2n) is 5.50. The van der Waals surface area contributed by atoms with Crippen LogP contribution in [-0.4, -0.2) is 42.3 Å². The second kappa shape index (κ2) is 5.83. The summed E-state index contributed by atoms with van der Waals surface area (Å²) in [4.78, 5) is 23.4. The first-order valence-corrected chi connectivity index (χ1v) is 7.06. The highest BCUT2D eigenvalue weighted by molar-refractivity contribution is 5.83. The Bertz CT molecular complexity index is 560. The molecule has 6 nitrogen and oxygen atoms in total. The van der Waals surface area contributed by atoms with Crippen molar-refractivity contribution in [3.05, 3.63) is 35.4 Å². The summed E-state index contributed by atoms with van der Waals surface area (Å²) in [6.45, 7) is 1.06. The van der Waals surface area contributed by atoms with Crippen LogP contribution in [0, 0.1) is 5.92 Å². The van der Waals surface area contributed by atoms with E-state index in [1.807, 2.05) is 24.3 Å². The number of carbonyl (C=O) groups excluding carboxylic acids is 1. The third kappa shape index (κ3) is 2.91. The first kappa shape index (κ1) is 14.0. The van der Waals surface area contributed by atoms with Crippen molar-refractivity contribution in [2.75, 3.05) is 13.2 Å². The fraction of sp³-hybridized carbons (Fsp3) is 0.467. The molecule has 2 aliphatic rings. The number of ether oxygens (including phenoxy) is 1. The van der Waals surface area contributed by atoms with Gasteiger partial charge in [-0.2, -0.15) is 0 Å². The Morgan fingerprint density at radius 3 is 2.76 bits per heavy atom. The monoisotopic (exact) mass is 290 g/mol. The van der Waals surface area contributed by atoms with Crippen molar-refractivity contribution in [2.45, 2.75) is 25.0 Å². The maximum Gasteiger partial charge on any atom is 0.311 e. The molecule has 1 amide bonds. The second-order valence-corrected chi connectivity index (χ2v) is 5.50. The Morgan fingerprint density at radius 1 is 1.24 bits per heavy atom. The summed E-state index contributed by atoms with van der Waals surface area (Å²) in [5.41, 5.74) is 2.36. The average molecular weight is 290 g/mol. The van der Waals surface area contributed by atoms with Gasteiger partial charge in [-0.3, -0.25) is 9.59 Å². The van der Waals surface area contributed by atoms with Crippen LogP contribution in [0.2, 0.25) is 0 Å². The lowest BCUT2D eigenvalue weighted by Gasteiger charge is -2.27. The van der Waals surface area contributed by atoms with Gasteiger partial charge in [0.25, 0.3) is 0 Å². The van der Waals surface area contributed by atoms with Gasteiger partial charge in [-0.05, 0) is 17.5 Å². The van der Waals surface area contributed by atoms with Gasteiger partial charge in [0, 0.05) is 6.54 Å². The predicted octanol–water partition coefficient (Wildman–Crippen LogP) is -0.0833. The number of benzene rings is 1. The molecule has 0 spiro atoms. The van der Waals surface area contributed by atoms with Gasteiger partial charge in [-0.25, -0.2) is 0 Å². The molecule has 2 heterocycles. The van der Waals surface area contributed by atoms with E-state index in [0.29, 0.717) is 13.0 Å². The Balaban J connectivity index is 1.63. The first-order chi connectivity index (χ1) is 10.1. The molecule has 1 fully saturated rings. The lowest BCUT2D eigenvalue weighted by Crippen LogP contribution is -2.52. The number of hydrogen-bond acceptors (Lipinski definition) is 4. The van der Waals surface area contributed by atoms with Gasteiger partial charge in [0.1, 0.15) is 5.92 Å². The van der Waals surface area contributed by atoms with E-state index in [-0.39, 0.29) is 25.2 Å². The van der Waals surface area contributed by atoms with Gasteiger partial charge >= 0.3 is 5.97 Å². The molecule has 1 aromatic carbocycles. The quantitative estimate of drug-likeness (QED) is 0.724. The Morgan fingerprint density at radius 2 is 2.00 bits per heavy atom. The standard InChI is InChI=1S/C15H18N2O4/c18-14(17-13-8-21-7-11(13)15(19)20)12-5-9-3-1-2-4-10(9)6-16-12/h1-4,11-13,16H,5-8H2,(H,17,18)(H,19,20)/t11?,12-,13?/m1/s1. The highest BCUT2D eigenvalue weighted by atomic mass is 16.5. The van der Waals surface area contributed by atoms with E-state index >= 15 is 0 Å². The predicted molar refractivity (Wildman–Crippen MR) is 74.6 cm³/mol. The van der Waals surface area contributed by atoms with E-state index in [0.717, 1.165) is 5.56 Å². The molecule has 2 unspecified atom stereocenters. The topological polar surface area (TPSA) is 87.7 Å². The molecule has 21 heavy (non-hydrogen) atoms. The summed E-state index contributed by atoms with van der Waals surface area (Å²) >= 11 is 0. The molecule has 0 aliphatic carbocycles. The van der Waals surface area contributed by atoms with Crippen LogP contribution in [0.1, 0.15) is 11.1 Å². The maximum absolute atomic E-state index is 12.3. The van der Waals surface area contributed by atoms with Crippen LogP contribution in [0.25, 0.3) is 0 Å². The molecule has 0 saturated carbocycles. The summed E-state index contributed by atoms with van der Waals surface area (Å²) in [5, 5.41) is 15.1. The molecule has 3 rings (SSSR count). The van der Waals surface area contributed by atoms with Crippen LogP contribution >= 0.6 is 0 Å². The molecular weight excluding hydrogens is 272 g/mol. The Hall–Kier alpha value is -1.92. The molecule has 1 saturated heterocycles. The van der Waals surface area contributed by atoms with Crippen molar-refractivity contribution in [2.24, 2.45) is 5.92 Å². The van der Waals surface area contributed by atoms with Gasteiger partial charge in [0.05, 0.1) is 25.3 Å². The molecule has 0 radical (unpaired) electrons. The van der Waals surface area contributed by atoms with Gasteiger partial charge < -0.3 is 20.5 Å². The zero-order valence-corrected chi connectivity index (χ0v) is 11.5. The van der Waals surface area contributed by atoms with Crippen LogP contribution in [-0.2, 0) is 27.3 Å². The molecule has 1 aromatic rings. The zero-order valence-electron chi connectivity index (χ0n) is 11.5. The van der Waals surface area contributed by atoms with Gasteiger partial charge in [-0.1, -0.05) is 24.3 Å². The molecular formula is C15H18N2O4. The van der Waals surface area contributed by atoms with Gasteiger partial charge in [0.15, 0.2) is 0 Å². The number of carboxylic acids is 1. The lowest BCUT2D eigenvalue weighted by atomic mass is 9.95. The average Bonchev–Trinajstić information content (AvgIpc) is 2.95. The van der Waals surface area contributed by atoms with Crippen molar-refractivity contribution < 1.29 is 19.4 Å². The molecule has 112 valence electrons. The highest BCUT2D eigenvalue weighted by Crippen LogP contribution is 2.18. The third-order valence-electron chi connectivity index (χ3n) is 4.12.